The molecule has 170 valence electrons. The summed E-state index contributed by atoms with van der Waals surface area (Å²) in [5.41, 5.74) is 3.74. The Balaban J connectivity index is 1.41. The quantitative estimate of drug-likeness (QED) is 0.271. The summed E-state index contributed by atoms with van der Waals surface area (Å²) in [5, 5.41) is 8.24. The Hall–Kier alpha value is -3.74. The van der Waals surface area contributed by atoms with Crippen molar-refractivity contribution >= 4 is 0 Å². The Bertz CT molecular complexity index is 1460. The zero-order valence-corrected chi connectivity index (χ0v) is 18.6. The molecule has 0 N–H and O–H groups in total. The lowest BCUT2D eigenvalue weighted by Crippen LogP contribution is -2.53. The van der Waals surface area contributed by atoms with Crippen LogP contribution >= 0.6 is 0 Å². The maximum absolute atomic E-state index is 12.9. The topological polar surface area (TPSA) is 42.8 Å². The summed E-state index contributed by atoms with van der Waals surface area (Å²) in [6.45, 7) is 8.64. The standard InChI is InChI=1S/C27H21F3N3O/c1-4-22-25(2)20-13-10-17(15-19(20)21-7-5-6-14-33(21)26(22,25)3)24-32-31-23(34-24)16-8-11-18(12-9-16)27(28,29)30/h4-15,22H,1H2,2-3H3/q+1. The average Bonchev–Trinajstić information content (AvgIpc) is 3.13. The lowest BCUT2D eigenvalue weighted by atomic mass is 9.83. The van der Waals surface area contributed by atoms with E-state index < -0.39 is 11.7 Å². The first-order valence-electron chi connectivity index (χ1n) is 11.0. The molecule has 0 bridgehead atoms. The van der Waals surface area contributed by atoms with Gasteiger partial charge >= 0.3 is 6.18 Å². The number of halogens is 3. The molecular formula is C27H21F3N3O+. The van der Waals surface area contributed by atoms with Gasteiger partial charge in [0.15, 0.2) is 11.7 Å². The summed E-state index contributed by atoms with van der Waals surface area (Å²) in [6, 6.07) is 17.0. The maximum Gasteiger partial charge on any atom is 0.416 e. The number of pyridine rings is 1. The molecule has 4 aromatic rings. The van der Waals surface area contributed by atoms with Crippen molar-refractivity contribution in [3.63, 3.8) is 0 Å². The summed E-state index contributed by atoms with van der Waals surface area (Å²) in [6.07, 6.45) is -0.238. The third kappa shape index (κ3) is 2.58. The van der Waals surface area contributed by atoms with Crippen LogP contribution in [0.15, 0.2) is 83.9 Å². The monoisotopic (exact) mass is 460 g/mol. The van der Waals surface area contributed by atoms with E-state index in [2.05, 4.69) is 59.6 Å². The van der Waals surface area contributed by atoms with Gasteiger partial charge in [-0.2, -0.15) is 17.7 Å². The van der Waals surface area contributed by atoms with Crippen molar-refractivity contribution in [2.75, 3.05) is 0 Å². The Morgan fingerprint density at radius 3 is 2.32 bits per heavy atom. The van der Waals surface area contributed by atoms with Gasteiger partial charge in [0, 0.05) is 30.2 Å². The van der Waals surface area contributed by atoms with E-state index in [0.717, 1.165) is 29.0 Å². The smallest absolute Gasteiger partial charge is 0.416 e. The van der Waals surface area contributed by atoms with Crippen molar-refractivity contribution in [1.29, 1.82) is 0 Å². The van der Waals surface area contributed by atoms with Gasteiger partial charge in [-0.1, -0.05) is 12.1 Å². The van der Waals surface area contributed by atoms with E-state index in [0.29, 0.717) is 17.4 Å². The first-order chi connectivity index (χ1) is 16.2. The molecule has 7 heteroatoms. The summed E-state index contributed by atoms with van der Waals surface area (Å²) in [7, 11) is 0. The Labute approximate surface area is 194 Å². The van der Waals surface area contributed by atoms with E-state index in [9.17, 15) is 13.2 Å². The number of fused-ring (bicyclic) bond motifs is 6. The van der Waals surface area contributed by atoms with Gasteiger partial charge in [-0.15, -0.1) is 16.8 Å². The average molecular weight is 460 g/mol. The van der Waals surface area contributed by atoms with Crippen molar-refractivity contribution in [2.24, 2.45) is 5.92 Å². The minimum atomic E-state index is -4.39. The van der Waals surface area contributed by atoms with Gasteiger partial charge in [-0.05, 0) is 55.0 Å². The zero-order chi connectivity index (χ0) is 23.9. The highest BCUT2D eigenvalue weighted by Gasteiger charge is 2.80. The van der Waals surface area contributed by atoms with Crippen LogP contribution in [0.2, 0.25) is 0 Å². The van der Waals surface area contributed by atoms with Gasteiger partial charge in [0.2, 0.25) is 17.5 Å². The highest BCUT2D eigenvalue weighted by molar-refractivity contribution is 5.74. The second-order valence-corrected chi connectivity index (χ2v) is 9.27. The SMILES string of the molecule is C=CC1C2(C)c3ccc(-c4nnc(-c5ccc(C(F)(F)F)cc5)o4)cc3-c3cccc[n+]3C12C. The molecule has 6 rings (SSSR count). The fourth-order valence-electron chi connectivity index (χ4n) is 5.79. The Morgan fingerprint density at radius 1 is 0.971 bits per heavy atom. The van der Waals surface area contributed by atoms with Crippen molar-refractivity contribution < 1.29 is 22.2 Å². The number of alkyl halides is 3. The molecule has 3 atom stereocenters. The van der Waals surface area contributed by atoms with Crippen LogP contribution in [-0.4, -0.2) is 10.2 Å². The van der Waals surface area contributed by atoms with E-state index in [4.69, 9.17) is 4.42 Å². The molecule has 0 amide bonds. The number of hydrogen-bond acceptors (Lipinski definition) is 3. The first kappa shape index (κ1) is 20.8. The molecule has 2 aromatic carbocycles. The lowest BCUT2D eigenvalue weighted by Gasteiger charge is -2.25. The highest BCUT2D eigenvalue weighted by atomic mass is 19.4. The van der Waals surface area contributed by atoms with Gasteiger partial charge < -0.3 is 4.42 Å². The second-order valence-electron chi connectivity index (χ2n) is 9.27. The van der Waals surface area contributed by atoms with Crippen molar-refractivity contribution in [1.82, 2.24) is 10.2 Å². The predicted molar refractivity (Wildman–Crippen MR) is 120 cm³/mol. The van der Waals surface area contributed by atoms with Gasteiger partial charge in [-0.25, -0.2) is 0 Å². The third-order valence-corrected chi connectivity index (χ3v) is 7.78. The van der Waals surface area contributed by atoms with Crippen LogP contribution in [0.5, 0.6) is 0 Å². The zero-order valence-electron chi connectivity index (χ0n) is 18.6. The predicted octanol–water partition coefficient (Wildman–Crippen LogP) is 6.18. The second kappa shape index (κ2) is 6.65. The summed E-state index contributed by atoms with van der Waals surface area (Å²) >= 11 is 0. The largest absolute Gasteiger partial charge is 0.416 e. The molecule has 1 fully saturated rings. The number of benzene rings is 2. The summed E-state index contributed by atoms with van der Waals surface area (Å²) < 4.78 is 46.8. The number of rotatable bonds is 3. The van der Waals surface area contributed by atoms with E-state index in [1.165, 1.54) is 17.7 Å². The number of aromatic nitrogens is 3. The van der Waals surface area contributed by atoms with Crippen LogP contribution in [0.3, 0.4) is 0 Å². The van der Waals surface area contributed by atoms with Crippen LogP contribution < -0.4 is 4.57 Å². The number of nitrogens with zero attached hydrogens (tertiary/aromatic N) is 3. The van der Waals surface area contributed by atoms with E-state index in [1.54, 1.807) is 0 Å². The van der Waals surface area contributed by atoms with Crippen LogP contribution in [-0.2, 0) is 17.1 Å². The first-order valence-corrected chi connectivity index (χ1v) is 11.0. The molecule has 3 heterocycles. The lowest BCUT2D eigenvalue weighted by molar-refractivity contribution is -0.733. The van der Waals surface area contributed by atoms with Gasteiger partial charge in [0.1, 0.15) is 0 Å². The summed E-state index contributed by atoms with van der Waals surface area (Å²) in [4.78, 5) is 0. The van der Waals surface area contributed by atoms with E-state index in [-0.39, 0.29) is 16.8 Å². The normalized spacial score (nSPS) is 24.7. The molecular weight excluding hydrogens is 439 g/mol. The van der Waals surface area contributed by atoms with Gasteiger partial charge in [-0.3, -0.25) is 0 Å². The van der Waals surface area contributed by atoms with Crippen molar-refractivity contribution in [2.45, 2.75) is 31.0 Å². The maximum atomic E-state index is 12.9. The fourth-order valence-corrected chi connectivity index (χ4v) is 5.79. The van der Waals surface area contributed by atoms with Crippen LogP contribution in [0.4, 0.5) is 13.2 Å². The Kier molecular flexibility index (Phi) is 4.08. The van der Waals surface area contributed by atoms with Crippen LogP contribution in [0, 0.1) is 5.92 Å². The van der Waals surface area contributed by atoms with Gasteiger partial charge in [0.25, 0.3) is 0 Å². The van der Waals surface area contributed by atoms with Crippen molar-refractivity contribution in [3.05, 3.63) is 90.6 Å². The molecule has 4 nitrogen and oxygen atoms in total. The van der Waals surface area contributed by atoms with Crippen LogP contribution in [0.1, 0.15) is 25.0 Å². The molecule has 1 aliphatic carbocycles. The molecule has 3 unspecified atom stereocenters. The minimum Gasteiger partial charge on any atom is -0.416 e. The highest BCUT2D eigenvalue weighted by Crippen LogP contribution is 2.68. The Morgan fingerprint density at radius 2 is 1.65 bits per heavy atom. The molecule has 2 aromatic heterocycles. The molecule has 34 heavy (non-hydrogen) atoms. The van der Waals surface area contributed by atoms with Gasteiger partial charge in [0.05, 0.1) is 22.5 Å². The molecule has 2 aliphatic rings. The molecule has 0 spiro atoms. The molecule has 1 aliphatic heterocycles. The summed E-state index contributed by atoms with van der Waals surface area (Å²) in [5.74, 6) is 0.785. The van der Waals surface area contributed by atoms with E-state index in [1.807, 2.05) is 24.3 Å². The van der Waals surface area contributed by atoms with Crippen LogP contribution in [0.25, 0.3) is 34.2 Å². The van der Waals surface area contributed by atoms with Crippen molar-refractivity contribution in [3.8, 4) is 34.2 Å². The minimum absolute atomic E-state index is 0.0815. The molecule has 1 saturated carbocycles. The fraction of sp³-hybridized carbons (Fsp3) is 0.222. The third-order valence-electron chi connectivity index (χ3n) is 7.78. The number of allylic oxidation sites excluding steroid dienone is 1. The number of hydrogen-bond donors (Lipinski definition) is 0. The van der Waals surface area contributed by atoms with E-state index >= 15 is 0 Å². The molecule has 0 saturated heterocycles. The molecule has 0 radical (unpaired) electrons.